The van der Waals surface area contributed by atoms with Crippen molar-refractivity contribution in [2.24, 2.45) is 11.8 Å². The lowest BCUT2D eigenvalue weighted by Gasteiger charge is -2.48. The SMILES string of the molecule is O=C(O)C1C2c3ccccc3C(c3ccccc32)C1C(=O)NCc1ccccc1. The van der Waals surface area contributed by atoms with E-state index in [4.69, 9.17) is 0 Å². The van der Waals surface area contributed by atoms with Crippen LogP contribution in [0.2, 0.25) is 0 Å². The van der Waals surface area contributed by atoms with Crippen LogP contribution in [0, 0.1) is 11.8 Å². The summed E-state index contributed by atoms with van der Waals surface area (Å²) in [4.78, 5) is 25.7. The molecule has 2 atom stereocenters. The largest absolute Gasteiger partial charge is 0.481 e. The highest BCUT2D eigenvalue weighted by atomic mass is 16.4. The lowest BCUT2D eigenvalue weighted by Crippen LogP contribution is -2.50. The van der Waals surface area contributed by atoms with Crippen LogP contribution in [0.5, 0.6) is 0 Å². The average molecular weight is 383 g/mol. The maximum Gasteiger partial charge on any atom is 0.308 e. The third-order valence-electron chi connectivity index (χ3n) is 6.33. The predicted molar refractivity (Wildman–Crippen MR) is 109 cm³/mol. The Labute approximate surface area is 169 Å². The molecule has 2 bridgehead atoms. The van der Waals surface area contributed by atoms with E-state index in [2.05, 4.69) is 5.32 Å². The number of carboxylic acids is 1. The van der Waals surface area contributed by atoms with Crippen LogP contribution in [0.4, 0.5) is 0 Å². The third-order valence-corrected chi connectivity index (χ3v) is 6.33. The molecule has 0 saturated carbocycles. The van der Waals surface area contributed by atoms with E-state index >= 15 is 0 Å². The van der Waals surface area contributed by atoms with Gasteiger partial charge in [-0.25, -0.2) is 0 Å². The second-order valence-corrected chi connectivity index (χ2v) is 7.81. The van der Waals surface area contributed by atoms with Gasteiger partial charge in [0, 0.05) is 18.4 Å². The summed E-state index contributed by atoms with van der Waals surface area (Å²) in [5.74, 6) is -3.07. The molecular weight excluding hydrogens is 362 g/mol. The number of hydrogen-bond acceptors (Lipinski definition) is 2. The molecule has 3 aliphatic carbocycles. The smallest absolute Gasteiger partial charge is 0.308 e. The van der Waals surface area contributed by atoms with Gasteiger partial charge < -0.3 is 10.4 Å². The molecule has 29 heavy (non-hydrogen) atoms. The minimum Gasteiger partial charge on any atom is -0.481 e. The van der Waals surface area contributed by atoms with Crippen molar-refractivity contribution in [1.82, 2.24) is 5.32 Å². The first-order valence-corrected chi connectivity index (χ1v) is 9.89. The highest BCUT2D eigenvalue weighted by molar-refractivity contribution is 5.89. The van der Waals surface area contributed by atoms with Gasteiger partial charge in [-0.3, -0.25) is 9.59 Å². The molecule has 2 unspecified atom stereocenters. The molecule has 0 heterocycles. The van der Waals surface area contributed by atoms with Crippen molar-refractivity contribution < 1.29 is 14.7 Å². The van der Waals surface area contributed by atoms with Gasteiger partial charge in [-0.1, -0.05) is 78.9 Å². The van der Waals surface area contributed by atoms with Gasteiger partial charge in [-0.2, -0.15) is 0 Å². The predicted octanol–water partition coefficient (Wildman–Crippen LogP) is 3.91. The van der Waals surface area contributed by atoms with E-state index in [9.17, 15) is 14.7 Å². The molecule has 0 spiro atoms. The first-order valence-electron chi connectivity index (χ1n) is 9.89. The van der Waals surface area contributed by atoms with Gasteiger partial charge in [0.1, 0.15) is 0 Å². The van der Waals surface area contributed by atoms with Crippen LogP contribution < -0.4 is 5.32 Å². The van der Waals surface area contributed by atoms with E-state index < -0.39 is 17.8 Å². The summed E-state index contributed by atoms with van der Waals surface area (Å²) in [6, 6.07) is 25.6. The van der Waals surface area contributed by atoms with Crippen molar-refractivity contribution in [3.63, 3.8) is 0 Å². The molecule has 6 rings (SSSR count). The van der Waals surface area contributed by atoms with E-state index in [1.165, 1.54) is 0 Å². The molecule has 4 nitrogen and oxygen atoms in total. The van der Waals surface area contributed by atoms with Crippen LogP contribution in [-0.2, 0) is 16.1 Å². The zero-order chi connectivity index (χ0) is 20.0. The molecule has 0 radical (unpaired) electrons. The maximum absolute atomic E-state index is 13.3. The van der Waals surface area contributed by atoms with E-state index in [-0.39, 0.29) is 17.7 Å². The summed E-state index contributed by atoms with van der Waals surface area (Å²) in [5.41, 5.74) is 5.23. The Bertz CT molecular complexity index is 1040. The van der Waals surface area contributed by atoms with E-state index in [1.54, 1.807) is 0 Å². The lowest BCUT2D eigenvalue weighted by molar-refractivity contribution is -0.149. The topological polar surface area (TPSA) is 66.4 Å². The zero-order valence-corrected chi connectivity index (χ0v) is 15.8. The van der Waals surface area contributed by atoms with E-state index in [1.807, 2.05) is 78.9 Å². The number of aliphatic carboxylic acids is 1. The second-order valence-electron chi connectivity index (χ2n) is 7.81. The van der Waals surface area contributed by atoms with Gasteiger partial charge in [0.2, 0.25) is 5.91 Å². The first kappa shape index (κ1) is 17.7. The zero-order valence-electron chi connectivity index (χ0n) is 15.8. The number of fused-ring (bicyclic) bond motifs is 1. The molecule has 0 fully saturated rings. The van der Waals surface area contributed by atoms with Crippen molar-refractivity contribution in [3.8, 4) is 0 Å². The molecule has 2 N–H and O–H groups in total. The van der Waals surface area contributed by atoms with E-state index in [0.29, 0.717) is 6.54 Å². The monoisotopic (exact) mass is 383 g/mol. The number of carbonyl (C=O) groups is 2. The highest BCUT2D eigenvalue weighted by Crippen LogP contribution is 2.58. The van der Waals surface area contributed by atoms with Gasteiger partial charge in [-0.05, 0) is 27.8 Å². The fraction of sp³-hybridized carbons (Fsp3) is 0.200. The average Bonchev–Trinajstić information content (AvgIpc) is 2.77. The summed E-state index contributed by atoms with van der Waals surface area (Å²) in [6.45, 7) is 0.392. The quantitative estimate of drug-likeness (QED) is 0.718. The van der Waals surface area contributed by atoms with Gasteiger partial charge in [0.15, 0.2) is 0 Å². The number of carboxylic acid groups (broad SMARTS) is 1. The Morgan fingerprint density at radius 2 is 1.14 bits per heavy atom. The van der Waals surface area contributed by atoms with Crippen molar-refractivity contribution in [3.05, 3.63) is 107 Å². The molecule has 0 aliphatic heterocycles. The summed E-state index contributed by atoms with van der Waals surface area (Å²) in [5, 5.41) is 13.1. The summed E-state index contributed by atoms with van der Waals surface area (Å²) >= 11 is 0. The Morgan fingerprint density at radius 3 is 1.62 bits per heavy atom. The minimum atomic E-state index is -0.913. The van der Waals surface area contributed by atoms with Gasteiger partial charge in [0.05, 0.1) is 11.8 Å². The lowest BCUT2D eigenvalue weighted by atomic mass is 9.54. The Hall–Kier alpha value is -3.40. The Morgan fingerprint density at radius 1 is 0.690 bits per heavy atom. The molecule has 4 heteroatoms. The molecule has 3 aromatic carbocycles. The molecular formula is C25H21NO3. The molecule has 3 aromatic rings. The minimum absolute atomic E-state index is 0.194. The summed E-state index contributed by atoms with van der Waals surface area (Å²) in [7, 11) is 0. The van der Waals surface area contributed by atoms with Crippen LogP contribution in [0.15, 0.2) is 78.9 Å². The number of amides is 1. The molecule has 0 saturated heterocycles. The molecule has 3 aliphatic rings. The standard InChI is InChI=1S/C25H21NO3/c27-24(26-14-15-8-2-1-3-9-15)22-20-16-10-4-6-12-18(16)21(23(22)25(28)29)19-13-7-5-11-17(19)20/h1-13,20-23H,14H2,(H,26,27)(H,28,29). The van der Waals surface area contributed by atoms with Crippen molar-refractivity contribution >= 4 is 11.9 Å². The highest BCUT2D eigenvalue weighted by Gasteiger charge is 2.55. The van der Waals surface area contributed by atoms with Crippen LogP contribution in [-0.4, -0.2) is 17.0 Å². The Balaban J connectivity index is 1.58. The summed E-state index contributed by atoms with van der Waals surface area (Å²) in [6.07, 6.45) is 0. The second kappa shape index (κ2) is 6.89. The fourth-order valence-corrected chi connectivity index (χ4v) is 5.19. The van der Waals surface area contributed by atoms with Crippen LogP contribution in [0.3, 0.4) is 0 Å². The van der Waals surface area contributed by atoms with Crippen LogP contribution >= 0.6 is 0 Å². The number of benzene rings is 3. The number of carbonyl (C=O) groups excluding carboxylic acids is 1. The van der Waals surface area contributed by atoms with Crippen molar-refractivity contribution in [2.75, 3.05) is 0 Å². The maximum atomic E-state index is 13.3. The first-order chi connectivity index (χ1) is 14.2. The molecule has 144 valence electrons. The summed E-state index contributed by atoms with van der Waals surface area (Å²) < 4.78 is 0. The molecule has 0 aromatic heterocycles. The molecule has 1 amide bonds. The van der Waals surface area contributed by atoms with Gasteiger partial charge in [0.25, 0.3) is 0 Å². The van der Waals surface area contributed by atoms with Gasteiger partial charge in [-0.15, -0.1) is 0 Å². The number of nitrogens with one attached hydrogen (secondary N) is 1. The number of hydrogen-bond donors (Lipinski definition) is 2. The van der Waals surface area contributed by atoms with Crippen LogP contribution in [0.25, 0.3) is 0 Å². The third kappa shape index (κ3) is 2.75. The van der Waals surface area contributed by atoms with E-state index in [0.717, 1.165) is 27.8 Å². The number of rotatable bonds is 4. The Kier molecular flexibility index (Phi) is 4.20. The fourth-order valence-electron chi connectivity index (χ4n) is 5.19. The normalized spacial score (nSPS) is 23.7. The van der Waals surface area contributed by atoms with Crippen LogP contribution in [0.1, 0.15) is 39.7 Å². The van der Waals surface area contributed by atoms with Crippen molar-refractivity contribution in [2.45, 2.75) is 18.4 Å². The van der Waals surface area contributed by atoms with Gasteiger partial charge >= 0.3 is 5.97 Å². The van der Waals surface area contributed by atoms with Crippen molar-refractivity contribution in [1.29, 1.82) is 0 Å².